The van der Waals surface area contributed by atoms with Crippen LogP contribution >= 0.6 is 0 Å². The highest BCUT2D eigenvalue weighted by atomic mass is 16.6. The summed E-state index contributed by atoms with van der Waals surface area (Å²) in [6, 6.07) is 6.48. The Labute approximate surface area is 154 Å². The fraction of sp³-hybridized carbons (Fsp3) is 0.294. The molecule has 1 aromatic heterocycles. The lowest BCUT2D eigenvalue weighted by molar-refractivity contribution is -0.384. The van der Waals surface area contributed by atoms with Crippen LogP contribution in [-0.2, 0) is 9.47 Å². The minimum absolute atomic E-state index is 0.0291. The molecule has 27 heavy (non-hydrogen) atoms. The van der Waals surface area contributed by atoms with E-state index in [1.807, 2.05) is 11.0 Å². The fourth-order valence-electron chi connectivity index (χ4n) is 2.98. The number of hydrogen-bond donors (Lipinski definition) is 1. The van der Waals surface area contributed by atoms with Gasteiger partial charge in [-0.2, -0.15) is 5.26 Å². The van der Waals surface area contributed by atoms with Crippen molar-refractivity contribution >= 4 is 23.0 Å². The minimum atomic E-state index is -0.792. The summed E-state index contributed by atoms with van der Waals surface area (Å²) in [4.78, 5) is 25.2. The van der Waals surface area contributed by atoms with Gasteiger partial charge in [0.2, 0.25) is 0 Å². The summed E-state index contributed by atoms with van der Waals surface area (Å²) in [6.45, 7) is 2.38. The second kappa shape index (κ2) is 7.35. The molecule has 3 rings (SSSR count). The van der Waals surface area contributed by atoms with Crippen molar-refractivity contribution in [2.45, 2.75) is 0 Å². The van der Waals surface area contributed by atoms with Gasteiger partial charge >= 0.3 is 5.97 Å². The van der Waals surface area contributed by atoms with Crippen molar-refractivity contribution in [2.24, 2.45) is 0 Å². The van der Waals surface area contributed by atoms with E-state index in [2.05, 4.69) is 0 Å². The number of hydrogen-bond acceptors (Lipinski definition) is 8. The van der Waals surface area contributed by atoms with Crippen LogP contribution in [-0.4, -0.2) is 48.9 Å². The van der Waals surface area contributed by atoms with Gasteiger partial charge in [0.05, 0.1) is 36.5 Å². The topological polar surface area (TPSA) is 137 Å². The molecule has 0 bridgehead atoms. The Hall–Kier alpha value is -3.58. The number of nitrogens with two attached hydrogens (primary N) is 1. The average Bonchev–Trinajstić information content (AvgIpc) is 3.03. The van der Waals surface area contributed by atoms with E-state index in [1.165, 1.54) is 23.9 Å². The third kappa shape index (κ3) is 3.28. The first-order valence-corrected chi connectivity index (χ1v) is 8.08. The van der Waals surface area contributed by atoms with Gasteiger partial charge in [-0.25, -0.2) is 4.79 Å². The molecule has 10 heteroatoms. The monoisotopic (exact) mass is 371 g/mol. The quantitative estimate of drug-likeness (QED) is 0.484. The number of anilines is 2. The summed E-state index contributed by atoms with van der Waals surface area (Å²) in [5.41, 5.74) is 6.34. The van der Waals surface area contributed by atoms with Crippen molar-refractivity contribution in [3.63, 3.8) is 0 Å². The molecule has 0 amide bonds. The molecule has 1 aromatic carbocycles. The predicted molar refractivity (Wildman–Crippen MR) is 95.9 cm³/mol. The van der Waals surface area contributed by atoms with Gasteiger partial charge in [0, 0.05) is 31.0 Å². The summed E-state index contributed by atoms with van der Waals surface area (Å²) >= 11 is 0. The smallest absolute Gasteiger partial charge is 0.357 e. The van der Waals surface area contributed by atoms with Crippen LogP contribution in [0.3, 0.4) is 0 Å². The van der Waals surface area contributed by atoms with E-state index in [0.717, 1.165) is 5.69 Å². The maximum atomic E-state index is 12.2. The third-order valence-electron chi connectivity index (χ3n) is 4.34. The molecule has 2 aromatic rings. The van der Waals surface area contributed by atoms with E-state index in [0.29, 0.717) is 26.3 Å². The zero-order valence-corrected chi connectivity index (χ0v) is 14.5. The predicted octanol–water partition coefficient (Wildman–Crippen LogP) is 1.46. The van der Waals surface area contributed by atoms with Crippen LogP contribution in [0.25, 0.3) is 5.69 Å². The number of carbonyl (C=O) groups is 1. The van der Waals surface area contributed by atoms with Crippen molar-refractivity contribution in [1.29, 1.82) is 5.26 Å². The number of benzene rings is 1. The molecular weight excluding hydrogens is 354 g/mol. The van der Waals surface area contributed by atoms with Gasteiger partial charge < -0.3 is 24.7 Å². The molecular formula is C17H17N5O5. The maximum Gasteiger partial charge on any atom is 0.357 e. The lowest BCUT2D eigenvalue weighted by atomic mass is 10.2. The number of nitro groups is 1. The number of nitro benzene ring substituents is 1. The van der Waals surface area contributed by atoms with E-state index in [4.69, 9.17) is 15.2 Å². The van der Waals surface area contributed by atoms with Crippen LogP contribution in [0.1, 0.15) is 16.1 Å². The number of nitriles is 1. The third-order valence-corrected chi connectivity index (χ3v) is 4.34. The first-order valence-electron chi connectivity index (χ1n) is 8.08. The highest BCUT2D eigenvalue weighted by Crippen LogP contribution is 2.33. The first-order chi connectivity index (χ1) is 13.0. The largest absolute Gasteiger partial charge is 0.464 e. The Bertz CT molecular complexity index is 940. The molecule has 1 aliphatic rings. The lowest BCUT2D eigenvalue weighted by Crippen LogP contribution is -2.36. The molecule has 140 valence electrons. The number of aromatic nitrogens is 1. The molecule has 10 nitrogen and oxygen atoms in total. The Kier molecular flexibility index (Phi) is 4.96. The van der Waals surface area contributed by atoms with E-state index in [1.54, 1.807) is 12.1 Å². The normalized spacial score (nSPS) is 13.9. The molecule has 0 radical (unpaired) electrons. The zero-order chi connectivity index (χ0) is 19.6. The Morgan fingerprint density at radius 3 is 2.70 bits per heavy atom. The van der Waals surface area contributed by atoms with Crippen molar-refractivity contribution in [2.75, 3.05) is 44.0 Å². The van der Waals surface area contributed by atoms with Crippen molar-refractivity contribution < 1.29 is 19.2 Å². The van der Waals surface area contributed by atoms with E-state index in [-0.39, 0.29) is 28.3 Å². The summed E-state index contributed by atoms with van der Waals surface area (Å²) < 4.78 is 11.3. The van der Waals surface area contributed by atoms with Crippen LogP contribution < -0.4 is 10.6 Å². The molecule has 2 heterocycles. The molecule has 1 saturated heterocycles. The standard InChI is InChI=1S/C17H17N5O5/c1-26-17(23)16-15(19)11(9-18)10-21(16)14-8-12(2-3-13(14)22(24)25)20-4-6-27-7-5-20/h2-3,8,10H,4-7,19H2,1H3. The SMILES string of the molecule is COC(=O)c1c(N)c(C#N)cn1-c1cc(N2CCOCC2)ccc1[N+](=O)[O-]. The van der Waals surface area contributed by atoms with Crippen LogP contribution in [0, 0.1) is 21.4 Å². The Morgan fingerprint density at radius 2 is 2.11 bits per heavy atom. The number of morpholine rings is 1. The second-order valence-corrected chi connectivity index (χ2v) is 5.81. The van der Waals surface area contributed by atoms with Gasteiger partial charge in [-0.15, -0.1) is 0 Å². The summed E-state index contributed by atoms with van der Waals surface area (Å²) in [7, 11) is 1.17. The van der Waals surface area contributed by atoms with Crippen molar-refractivity contribution in [3.8, 4) is 11.8 Å². The Morgan fingerprint density at radius 1 is 1.41 bits per heavy atom. The molecule has 0 aliphatic carbocycles. The highest BCUT2D eigenvalue weighted by molar-refractivity contribution is 5.96. The van der Waals surface area contributed by atoms with Crippen LogP contribution in [0.4, 0.5) is 17.1 Å². The number of nitrogens with zero attached hydrogens (tertiary/aromatic N) is 4. The maximum absolute atomic E-state index is 12.2. The van der Waals surface area contributed by atoms with Gasteiger partial charge in [-0.1, -0.05) is 0 Å². The van der Waals surface area contributed by atoms with E-state index >= 15 is 0 Å². The van der Waals surface area contributed by atoms with Crippen LogP contribution in [0.5, 0.6) is 0 Å². The van der Waals surface area contributed by atoms with Gasteiger partial charge in [0.1, 0.15) is 11.8 Å². The van der Waals surface area contributed by atoms with Crippen molar-refractivity contribution in [3.05, 3.63) is 45.8 Å². The molecule has 1 aliphatic heterocycles. The zero-order valence-electron chi connectivity index (χ0n) is 14.5. The van der Waals surface area contributed by atoms with Gasteiger partial charge in [0.25, 0.3) is 5.69 Å². The molecule has 0 spiro atoms. The van der Waals surface area contributed by atoms with E-state index < -0.39 is 10.9 Å². The number of nitrogen functional groups attached to an aromatic ring is 1. The van der Waals surface area contributed by atoms with Gasteiger partial charge in [-0.3, -0.25) is 10.1 Å². The number of rotatable bonds is 4. The number of esters is 1. The van der Waals surface area contributed by atoms with Gasteiger partial charge in [-0.05, 0) is 12.1 Å². The summed E-state index contributed by atoms with van der Waals surface area (Å²) in [6.07, 6.45) is 1.30. The van der Waals surface area contributed by atoms with Crippen molar-refractivity contribution in [1.82, 2.24) is 4.57 Å². The number of methoxy groups -OCH3 is 1. The first kappa shape index (κ1) is 18.2. The molecule has 1 fully saturated rings. The highest BCUT2D eigenvalue weighted by Gasteiger charge is 2.27. The van der Waals surface area contributed by atoms with Crippen LogP contribution in [0.2, 0.25) is 0 Å². The summed E-state index contributed by atoms with van der Waals surface area (Å²) in [5, 5.41) is 20.8. The molecule has 0 atom stereocenters. The summed E-state index contributed by atoms with van der Waals surface area (Å²) in [5.74, 6) is -0.792. The fourth-order valence-corrected chi connectivity index (χ4v) is 2.98. The Balaban J connectivity index is 2.21. The van der Waals surface area contributed by atoms with Crippen LogP contribution in [0.15, 0.2) is 24.4 Å². The number of ether oxygens (including phenoxy) is 2. The lowest BCUT2D eigenvalue weighted by Gasteiger charge is -2.29. The number of carbonyl (C=O) groups excluding carboxylic acids is 1. The minimum Gasteiger partial charge on any atom is -0.464 e. The van der Waals surface area contributed by atoms with Gasteiger partial charge in [0.15, 0.2) is 5.69 Å². The molecule has 0 saturated carbocycles. The van der Waals surface area contributed by atoms with E-state index in [9.17, 15) is 20.2 Å². The average molecular weight is 371 g/mol. The molecule has 0 unspecified atom stereocenters. The molecule has 2 N–H and O–H groups in total. The second-order valence-electron chi connectivity index (χ2n) is 5.81.